The minimum absolute atomic E-state index is 0.425. The van der Waals surface area contributed by atoms with Crippen molar-refractivity contribution < 1.29 is 0 Å². The summed E-state index contributed by atoms with van der Waals surface area (Å²) in [5.74, 6) is 0.425. The van der Waals surface area contributed by atoms with Gasteiger partial charge >= 0.3 is 0 Å². The van der Waals surface area contributed by atoms with Crippen LogP contribution in [0.15, 0.2) is 18.6 Å². The highest BCUT2D eigenvalue weighted by molar-refractivity contribution is 7.12. The fourth-order valence-corrected chi connectivity index (χ4v) is 3.13. The lowest BCUT2D eigenvalue weighted by Gasteiger charge is -2.09. The minimum atomic E-state index is 0.425. The largest absolute Gasteiger partial charge is 0.348 e. The SMILES string of the molecule is CCc1cc(C(C)c2cnc[nH]2)c(CC)s1. The molecule has 2 rings (SSSR count). The van der Waals surface area contributed by atoms with E-state index in [1.54, 1.807) is 6.33 Å². The fraction of sp³-hybridized carbons (Fsp3) is 0.462. The van der Waals surface area contributed by atoms with Crippen LogP contribution in [0.4, 0.5) is 0 Å². The molecule has 0 bridgehead atoms. The lowest BCUT2D eigenvalue weighted by molar-refractivity contribution is 0.870. The van der Waals surface area contributed by atoms with Gasteiger partial charge in [-0.1, -0.05) is 20.8 Å². The number of aromatic amines is 1. The van der Waals surface area contributed by atoms with Crippen LogP contribution in [0.3, 0.4) is 0 Å². The van der Waals surface area contributed by atoms with Crippen LogP contribution in [0, 0.1) is 0 Å². The monoisotopic (exact) mass is 234 g/mol. The number of rotatable bonds is 4. The van der Waals surface area contributed by atoms with E-state index in [2.05, 4.69) is 36.8 Å². The number of hydrogen-bond acceptors (Lipinski definition) is 2. The number of aromatic nitrogens is 2. The molecule has 0 saturated carbocycles. The smallest absolute Gasteiger partial charge is 0.0921 e. The molecule has 2 nitrogen and oxygen atoms in total. The summed E-state index contributed by atoms with van der Waals surface area (Å²) in [6.07, 6.45) is 5.93. The molecule has 1 atom stereocenters. The summed E-state index contributed by atoms with van der Waals surface area (Å²) in [6, 6.07) is 2.36. The summed E-state index contributed by atoms with van der Waals surface area (Å²) in [6.45, 7) is 6.69. The molecule has 2 aromatic rings. The molecular formula is C13H18N2S. The first-order valence-electron chi connectivity index (χ1n) is 5.86. The second-order valence-electron chi connectivity index (χ2n) is 4.03. The van der Waals surface area contributed by atoms with Gasteiger partial charge in [0.05, 0.1) is 6.33 Å². The van der Waals surface area contributed by atoms with Crippen molar-refractivity contribution in [2.45, 2.75) is 39.5 Å². The van der Waals surface area contributed by atoms with Crippen molar-refractivity contribution >= 4 is 11.3 Å². The topological polar surface area (TPSA) is 28.7 Å². The van der Waals surface area contributed by atoms with Gasteiger partial charge in [0.1, 0.15) is 0 Å². The van der Waals surface area contributed by atoms with Crippen molar-refractivity contribution in [3.8, 4) is 0 Å². The van der Waals surface area contributed by atoms with E-state index >= 15 is 0 Å². The van der Waals surface area contributed by atoms with Crippen molar-refractivity contribution in [3.63, 3.8) is 0 Å². The molecule has 0 radical (unpaired) electrons. The minimum Gasteiger partial charge on any atom is -0.348 e. The Morgan fingerprint density at radius 1 is 1.38 bits per heavy atom. The van der Waals surface area contributed by atoms with Crippen molar-refractivity contribution in [1.29, 1.82) is 0 Å². The molecule has 0 aromatic carbocycles. The summed E-state index contributed by atoms with van der Waals surface area (Å²) >= 11 is 1.95. The first kappa shape index (κ1) is 11.4. The summed E-state index contributed by atoms with van der Waals surface area (Å²) in [5.41, 5.74) is 2.67. The summed E-state index contributed by atoms with van der Waals surface area (Å²) in [7, 11) is 0. The van der Waals surface area contributed by atoms with E-state index in [1.165, 1.54) is 21.0 Å². The predicted octanol–water partition coefficient (Wildman–Crippen LogP) is 3.75. The van der Waals surface area contributed by atoms with E-state index in [4.69, 9.17) is 0 Å². The van der Waals surface area contributed by atoms with Gasteiger partial charge in [-0.15, -0.1) is 11.3 Å². The molecule has 3 heteroatoms. The number of nitrogens with one attached hydrogen (secondary N) is 1. The molecule has 2 aromatic heterocycles. The van der Waals surface area contributed by atoms with E-state index in [1.807, 2.05) is 17.5 Å². The lowest BCUT2D eigenvalue weighted by Crippen LogP contribution is -1.97. The quantitative estimate of drug-likeness (QED) is 0.857. The second-order valence-corrected chi connectivity index (χ2v) is 5.25. The van der Waals surface area contributed by atoms with E-state index < -0.39 is 0 Å². The van der Waals surface area contributed by atoms with Gasteiger partial charge in [-0.3, -0.25) is 0 Å². The second kappa shape index (κ2) is 4.83. The molecule has 86 valence electrons. The van der Waals surface area contributed by atoms with Gasteiger partial charge in [0, 0.05) is 27.6 Å². The molecule has 0 aliphatic heterocycles. The first-order chi connectivity index (χ1) is 7.76. The predicted molar refractivity (Wildman–Crippen MR) is 69.2 cm³/mol. The van der Waals surface area contributed by atoms with E-state index in [0.29, 0.717) is 5.92 Å². The van der Waals surface area contributed by atoms with Crippen molar-refractivity contribution in [2.24, 2.45) is 0 Å². The Labute approximate surface area is 101 Å². The Morgan fingerprint density at radius 2 is 2.19 bits per heavy atom. The van der Waals surface area contributed by atoms with Crippen molar-refractivity contribution in [2.75, 3.05) is 0 Å². The van der Waals surface area contributed by atoms with Crippen LogP contribution < -0.4 is 0 Å². The maximum atomic E-state index is 4.10. The molecule has 2 heterocycles. The standard InChI is InChI=1S/C13H18N2S/c1-4-10-6-11(13(5-2)16-10)9(3)12-7-14-8-15-12/h6-9H,4-5H2,1-3H3,(H,14,15). The van der Waals surface area contributed by atoms with Crippen LogP contribution >= 0.6 is 11.3 Å². The van der Waals surface area contributed by atoms with Crippen LogP contribution in [-0.4, -0.2) is 9.97 Å². The fourth-order valence-electron chi connectivity index (χ4n) is 1.99. The first-order valence-corrected chi connectivity index (χ1v) is 6.67. The third-order valence-electron chi connectivity index (χ3n) is 3.01. The lowest BCUT2D eigenvalue weighted by atomic mass is 9.97. The highest BCUT2D eigenvalue weighted by atomic mass is 32.1. The average molecular weight is 234 g/mol. The van der Waals surface area contributed by atoms with Gasteiger partial charge in [-0.2, -0.15) is 0 Å². The number of aryl methyl sites for hydroxylation is 2. The summed E-state index contributed by atoms with van der Waals surface area (Å²) < 4.78 is 0. The number of nitrogens with zero attached hydrogens (tertiary/aromatic N) is 1. The molecule has 0 saturated heterocycles. The number of hydrogen-bond donors (Lipinski definition) is 1. The zero-order valence-electron chi connectivity index (χ0n) is 10.1. The van der Waals surface area contributed by atoms with Gasteiger partial charge < -0.3 is 4.98 Å². The van der Waals surface area contributed by atoms with Crippen LogP contribution in [0.1, 0.15) is 47.7 Å². The van der Waals surface area contributed by atoms with Crippen LogP contribution in [-0.2, 0) is 12.8 Å². The molecule has 1 unspecified atom stereocenters. The normalized spacial score (nSPS) is 12.9. The highest BCUT2D eigenvalue weighted by Crippen LogP contribution is 2.32. The molecule has 0 amide bonds. The van der Waals surface area contributed by atoms with E-state index in [9.17, 15) is 0 Å². The van der Waals surface area contributed by atoms with Crippen molar-refractivity contribution in [3.05, 3.63) is 39.6 Å². The third-order valence-corrected chi connectivity index (χ3v) is 4.45. The number of thiophene rings is 1. The Kier molecular flexibility index (Phi) is 3.44. The van der Waals surface area contributed by atoms with Gasteiger partial charge in [0.2, 0.25) is 0 Å². The molecule has 16 heavy (non-hydrogen) atoms. The maximum absolute atomic E-state index is 4.10. The van der Waals surface area contributed by atoms with Gasteiger partial charge in [0.25, 0.3) is 0 Å². The summed E-state index contributed by atoms with van der Waals surface area (Å²) in [5, 5.41) is 0. The highest BCUT2D eigenvalue weighted by Gasteiger charge is 2.16. The zero-order chi connectivity index (χ0) is 11.5. The van der Waals surface area contributed by atoms with Crippen LogP contribution in [0.25, 0.3) is 0 Å². The third kappa shape index (κ3) is 2.05. The molecular weight excluding hydrogens is 216 g/mol. The average Bonchev–Trinajstić information content (AvgIpc) is 2.96. The molecule has 0 spiro atoms. The Hall–Kier alpha value is -1.09. The Bertz CT molecular complexity index is 442. The zero-order valence-corrected chi connectivity index (χ0v) is 10.9. The van der Waals surface area contributed by atoms with Crippen LogP contribution in [0.5, 0.6) is 0 Å². The molecule has 0 aliphatic rings. The van der Waals surface area contributed by atoms with E-state index in [-0.39, 0.29) is 0 Å². The Balaban J connectivity index is 2.35. The van der Waals surface area contributed by atoms with Gasteiger partial charge in [-0.05, 0) is 24.5 Å². The molecule has 0 aliphatic carbocycles. The van der Waals surface area contributed by atoms with E-state index in [0.717, 1.165) is 12.8 Å². The Morgan fingerprint density at radius 3 is 2.75 bits per heavy atom. The maximum Gasteiger partial charge on any atom is 0.0921 e. The number of H-pyrrole nitrogens is 1. The molecule has 0 fully saturated rings. The van der Waals surface area contributed by atoms with Crippen molar-refractivity contribution in [1.82, 2.24) is 9.97 Å². The number of imidazole rings is 1. The van der Waals surface area contributed by atoms with Gasteiger partial charge in [-0.25, -0.2) is 4.98 Å². The molecule has 1 N–H and O–H groups in total. The van der Waals surface area contributed by atoms with Gasteiger partial charge in [0.15, 0.2) is 0 Å². The van der Waals surface area contributed by atoms with Crippen LogP contribution in [0.2, 0.25) is 0 Å². The summed E-state index contributed by atoms with van der Waals surface area (Å²) in [4.78, 5) is 10.3.